The first-order chi connectivity index (χ1) is 11.2. The Morgan fingerprint density at radius 3 is 2.83 bits per heavy atom. The van der Waals surface area contributed by atoms with Crippen molar-refractivity contribution in [3.63, 3.8) is 0 Å². The van der Waals surface area contributed by atoms with E-state index in [9.17, 15) is 0 Å². The summed E-state index contributed by atoms with van der Waals surface area (Å²) in [5, 5.41) is 11.0. The summed E-state index contributed by atoms with van der Waals surface area (Å²) in [5.74, 6) is 2.87. The van der Waals surface area contributed by atoms with Crippen LogP contribution in [0, 0.1) is 6.92 Å². The first kappa shape index (κ1) is 15.2. The number of nitrogens with one attached hydrogen (secondary N) is 1. The molecule has 2 heterocycles. The second kappa shape index (κ2) is 6.57. The minimum Gasteiger partial charge on any atom is -0.497 e. The van der Waals surface area contributed by atoms with E-state index in [0.29, 0.717) is 30.0 Å². The highest BCUT2D eigenvalue weighted by atomic mass is 16.5. The van der Waals surface area contributed by atoms with Crippen molar-refractivity contribution in [1.82, 2.24) is 25.6 Å². The SMILES string of the molecule is COc1cccc(-c2noc([C@@H](C)NCc3noc(C)n3)n2)c1. The molecule has 120 valence electrons. The number of ether oxygens (including phenoxy) is 1. The lowest BCUT2D eigenvalue weighted by atomic mass is 10.2. The number of benzene rings is 1. The third-order valence-electron chi connectivity index (χ3n) is 3.28. The number of methoxy groups -OCH3 is 1. The van der Waals surface area contributed by atoms with Gasteiger partial charge in [0, 0.05) is 12.5 Å². The van der Waals surface area contributed by atoms with Crippen molar-refractivity contribution in [3.05, 3.63) is 41.9 Å². The molecule has 3 aromatic rings. The van der Waals surface area contributed by atoms with Gasteiger partial charge in [0.05, 0.1) is 19.7 Å². The molecular weight excluding hydrogens is 298 g/mol. The molecule has 1 aromatic carbocycles. The van der Waals surface area contributed by atoms with E-state index in [0.717, 1.165) is 11.3 Å². The molecule has 0 radical (unpaired) electrons. The van der Waals surface area contributed by atoms with Crippen LogP contribution < -0.4 is 10.1 Å². The zero-order chi connectivity index (χ0) is 16.2. The monoisotopic (exact) mass is 315 g/mol. The van der Waals surface area contributed by atoms with E-state index in [1.165, 1.54) is 0 Å². The average molecular weight is 315 g/mol. The Kier molecular flexibility index (Phi) is 4.33. The summed E-state index contributed by atoms with van der Waals surface area (Å²) in [7, 11) is 1.62. The number of aromatic nitrogens is 4. The maximum absolute atomic E-state index is 5.32. The lowest BCUT2D eigenvalue weighted by Gasteiger charge is -2.06. The number of rotatable bonds is 6. The van der Waals surface area contributed by atoms with Gasteiger partial charge in [-0.15, -0.1) is 0 Å². The smallest absolute Gasteiger partial charge is 0.243 e. The predicted molar refractivity (Wildman–Crippen MR) is 80.6 cm³/mol. The van der Waals surface area contributed by atoms with Gasteiger partial charge in [0.2, 0.25) is 17.6 Å². The molecule has 1 atom stereocenters. The quantitative estimate of drug-likeness (QED) is 0.739. The number of hydrogen-bond acceptors (Lipinski definition) is 8. The maximum atomic E-state index is 5.32. The van der Waals surface area contributed by atoms with Crippen molar-refractivity contribution in [2.75, 3.05) is 7.11 Å². The van der Waals surface area contributed by atoms with Gasteiger partial charge in [-0.1, -0.05) is 22.4 Å². The van der Waals surface area contributed by atoms with Crippen molar-refractivity contribution in [1.29, 1.82) is 0 Å². The Morgan fingerprint density at radius 2 is 2.09 bits per heavy atom. The molecule has 0 aliphatic carbocycles. The molecule has 0 fully saturated rings. The van der Waals surface area contributed by atoms with E-state index in [-0.39, 0.29) is 6.04 Å². The van der Waals surface area contributed by atoms with E-state index in [2.05, 4.69) is 25.6 Å². The molecular formula is C15H17N5O3. The highest BCUT2D eigenvalue weighted by Gasteiger charge is 2.16. The fourth-order valence-electron chi connectivity index (χ4n) is 2.04. The zero-order valence-electron chi connectivity index (χ0n) is 13.1. The molecule has 8 nitrogen and oxygen atoms in total. The second-order valence-electron chi connectivity index (χ2n) is 5.02. The van der Waals surface area contributed by atoms with Crippen LogP contribution in [0.2, 0.25) is 0 Å². The Morgan fingerprint density at radius 1 is 1.22 bits per heavy atom. The van der Waals surface area contributed by atoms with Crippen LogP contribution in [0.15, 0.2) is 33.3 Å². The maximum Gasteiger partial charge on any atom is 0.243 e. The largest absolute Gasteiger partial charge is 0.497 e. The van der Waals surface area contributed by atoms with Crippen molar-refractivity contribution in [2.45, 2.75) is 26.4 Å². The van der Waals surface area contributed by atoms with Gasteiger partial charge in [-0.25, -0.2) is 0 Å². The molecule has 0 amide bonds. The van der Waals surface area contributed by atoms with Crippen LogP contribution in [0.5, 0.6) is 5.75 Å². The molecule has 0 spiro atoms. The summed E-state index contributed by atoms with van der Waals surface area (Å²) in [5.41, 5.74) is 0.834. The van der Waals surface area contributed by atoms with Crippen molar-refractivity contribution >= 4 is 0 Å². The van der Waals surface area contributed by atoms with Gasteiger partial charge in [0.15, 0.2) is 5.82 Å². The molecule has 3 rings (SSSR count). The molecule has 23 heavy (non-hydrogen) atoms. The van der Waals surface area contributed by atoms with Crippen molar-refractivity contribution in [2.24, 2.45) is 0 Å². The van der Waals surface area contributed by atoms with Crippen LogP contribution in [0.1, 0.15) is 30.6 Å². The predicted octanol–water partition coefficient (Wildman–Crippen LogP) is 2.29. The van der Waals surface area contributed by atoms with Crippen molar-refractivity contribution < 1.29 is 13.8 Å². The third kappa shape index (κ3) is 3.54. The standard InChI is InChI=1S/C15H17N5O3/c1-9(16-8-13-17-10(2)22-19-13)15-18-14(20-23-15)11-5-4-6-12(7-11)21-3/h4-7,9,16H,8H2,1-3H3/t9-/m1/s1. The van der Waals surface area contributed by atoms with E-state index < -0.39 is 0 Å². The van der Waals surface area contributed by atoms with Crippen LogP contribution in [0.3, 0.4) is 0 Å². The van der Waals surface area contributed by atoms with Gasteiger partial charge >= 0.3 is 0 Å². The van der Waals surface area contributed by atoms with Crippen LogP contribution in [-0.2, 0) is 6.54 Å². The Bertz CT molecular complexity index is 783. The lowest BCUT2D eigenvalue weighted by molar-refractivity contribution is 0.335. The summed E-state index contributed by atoms with van der Waals surface area (Å²) in [4.78, 5) is 8.54. The molecule has 0 saturated carbocycles. The Hall–Kier alpha value is -2.74. The van der Waals surface area contributed by atoms with E-state index in [4.69, 9.17) is 13.8 Å². The highest BCUT2D eigenvalue weighted by Crippen LogP contribution is 2.22. The second-order valence-corrected chi connectivity index (χ2v) is 5.02. The minimum absolute atomic E-state index is 0.138. The van der Waals surface area contributed by atoms with Crippen LogP contribution >= 0.6 is 0 Å². The first-order valence-corrected chi connectivity index (χ1v) is 7.16. The van der Waals surface area contributed by atoms with E-state index >= 15 is 0 Å². The van der Waals surface area contributed by atoms with Gasteiger partial charge in [-0.05, 0) is 19.1 Å². The Labute approximate surface area is 132 Å². The summed E-state index contributed by atoms with van der Waals surface area (Å²) in [6, 6.07) is 7.36. The van der Waals surface area contributed by atoms with Gasteiger partial charge in [0.25, 0.3) is 0 Å². The molecule has 0 unspecified atom stereocenters. The fourth-order valence-corrected chi connectivity index (χ4v) is 2.04. The molecule has 8 heteroatoms. The lowest BCUT2D eigenvalue weighted by Crippen LogP contribution is -2.19. The molecule has 1 N–H and O–H groups in total. The Balaban J connectivity index is 1.68. The van der Waals surface area contributed by atoms with E-state index in [1.54, 1.807) is 14.0 Å². The molecule has 0 bridgehead atoms. The molecule has 2 aromatic heterocycles. The third-order valence-corrected chi connectivity index (χ3v) is 3.28. The average Bonchev–Trinajstić information content (AvgIpc) is 3.22. The van der Waals surface area contributed by atoms with Crippen LogP contribution in [0.4, 0.5) is 0 Å². The molecule has 0 aliphatic rings. The number of nitrogens with zero attached hydrogens (tertiary/aromatic N) is 4. The zero-order valence-corrected chi connectivity index (χ0v) is 13.1. The van der Waals surface area contributed by atoms with Crippen LogP contribution in [-0.4, -0.2) is 27.4 Å². The van der Waals surface area contributed by atoms with Gasteiger partial charge in [0.1, 0.15) is 5.75 Å². The van der Waals surface area contributed by atoms with Crippen molar-refractivity contribution in [3.8, 4) is 17.1 Å². The normalized spacial score (nSPS) is 12.3. The summed E-state index contributed by atoms with van der Waals surface area (Å²) in [6.45, 7) is 4.13. The fraction of sp³-hybridized carbons (Fsp3) is 0.333. The highest BCUT2D eigenvalue weighted by molar-refractivity contribution is 5.56. The first-order valence-electron chi connectivity index (χ1n) is 7.16. The topological polar surface area (TPSA) is 99.1 Å². The minimum atomic E-state index is -0.138. The van der Waals surface area contributed by atoms with Gasteiger partial charge in [-0.2, -0.15) is 9.97 Å². The van der Waals surface area contributed by atoms with Gasteiger partial charge in [-0.3, -0.25) is 5.32 Å². The summed E-state index contributed by atoms with van der Waals surface area (Å²) >= 11 is 0. The molecule has 0 aliphatic heterocycles. The number of hydrogen-bond donors (Lipinski definition) is 1. The van der Waals surface area contributed by atoms with E-state index in [1.807, 2.05) is 31.2 Å². The summed E-state index contributed by atoms with van der Waals surface area (Å²) < 4.78 is 15.4. The molecule has 0 saturated heterocycles. The van der Waals surface area contributed by atoms with Crippen LogP contribution in [0.25, 0.3) is 11.4 Å². The summed E-state index contributed by atoms with van der Waals surface area (Å²) in [6.07, 6.45) is 0. The van der Waals surface area contributed by atoms with Gasteiger partial charge < -0.3 is 13.8 Å². The number of aryl methyl sites for hydroxylation is 1.